The highest BCUT2D eigenvalue weighted by atomic mass is 16.5. The summed E-state index contributed by atoms with van der Waals surface area (Å²) < 4.78 is 13.8. The van der Waals surface area contributed by atoms with Gasteiger partial charge in [-0.25, -0.2) is 4.98 Å². The van der Waals surface area contributed by atoms with Gasteiger partial charge in [-0.1, -0.05) is 0 Å². The predicted molar refractivity (Wildman–Crippen MR) is 104 cm³/mol. The molecule has 1 spiro atoms. The molecule has 0 bridgehead atoms. The summed E-state index contributed by atoms with van der Waals surface area (Å²) >= 11 is 0. The number of aromatic nitrogens is 3. The first-order valence-electron chi connectivity index (χ1n) is 10.1. The fourth-order valence-electron chi connectivity index (χ4n) is 4.33. The third-order valence-electron chi connectivity index (χ3n) is 6.00. The lowest BCUT2D eigenvalue weighted by atomic mass is 9.78. The van der Waals surface area contributed by atoms with Crippen LogP contribution in [-0.4, -0.2) is 57.2 Å². The zero-order valence-electron chi connectivity index (χ0n) is 16.4. The van der Waals surface area contributed by atoms with Gasteiger partial charge in [0.2, 0.25) is 0 Å². The molecule has 2 fully saturated rings. The standard InChI is InChI=1S/C21H28N4O3/c1-24-12-9-23-19(24)20(26)25-10-6-21(7-11-25)15-17(5-14-28-21)4-13-27-18-3-2-8-22-16-18/h2-3,8-9,12,16-17H,4-7,10-11,13-15H2,1H3. The Kier molecular flexibility index (Phi) is 5.62. The monoisotopic (exact) mass is 384 g/mol. The van der Waals surface area contributed by atoms with Crippen molar-refractivity contribution < 1.29 is 14.3 Å². The average Bonchev–Trinajstić information content (AvgIpc) is 3.15. The zero-order chi connectivity index (χ0) is 19.4. The lowest BCUT2D eigenvalue weighted by molar-refractivity contribution is -0.125. The van der Waals surface area contributed by atoms with Gasteiger partial charge in [0.05, 0.1) is 18.4 Å². The van der Waals surface area contributed by atoms with Crippen LogP contribution in [0.25, 0.3) is 0 Å². The molecule has 2 aromatic rings. The minimum atomic E-state index is -0.0877. The van der Waals surface area contributed by atoms with E-state index in [0.29, 0.717) is 18.3 Å². The second-order valence-electron chi connectivity index (χ2n) is 7.87. The number of pyridine rings is 1. The van der Waals surface area contributed by atoms with E-state index in [-0.39, 0.29) is 11.5 Å². The van der Waals surface area contributed by atoms with Crippen LogP contribution in [0.1, 0.15) is 42.7 Å². The van der Waals surface area contributed by atoms with E-state index >= 15 is 0 Å². The number of imidazole rings is 1. The number of hydrogen-bond acceptors (Lipinski definition) is 5. The Morgan fingerprint density at radius 2 is 2.21 bits per heavy atom. The molecule has 28 heavy (non-hydrogen) atoms. The summed E-state index contributed by atoms with van der Waals surface area (Å²) in [5.74, 6) is 1.94. The summed E-state index contributed by atoms with van der Waals surface area (Å²) in [6, 6.07) is 3.83. The third-order valence-corrected chi connectivity index (χ3v) is 6.00. The van der Waals surface area contributed by atoms with Gasteiger partial charge in [0.25, 0.3) is 5.91 Å². The van der Waals surface area contributed by atoms with E-state index in [0.717, 1.165) is 57.6 Å². The van der Waals surface area contributed by atoms with Crippen molar-refractivity contribution in [3.8, 4) is 5.75 Å². The van der Waals surface area contributed by atoms with Crippen LogP contribution in [0.2, 0.25) is 0 Å². The molecule has 2 aromatic heterocycles. The van der Waals surface area contributed by atoms with Gasteiger partial charge in [-0.3, -0.25) is 9.78 Å². The highest BCUT2D eigenvalue weighted by molar-refractivity contribution is 5.90. The van der Waals surface area contributed by atoms with E-state index in [4.69, 9.17) is 9.47 Å². The molecular formula is C21H28N4O3. The summed E-state index contributed by atoms with van der Waals surface area (Å²) in [5, 5.41) is 0. The molecule has 4 rings (SSSR count). The van der Waals surface area contributed by atoms with Crippen molar-refractivity contribution in [1.29, 1.82) is 0 Å². The van der Waals surface area contributed by atoms with Crippen molar-refractivity contribution in [1.82, 2.24) is 19.4 Å². The molecule has 1 atom stereocenters. The van der Waals surface area contributed by atoms with E-state index < -0.39 is 0 Å². The number of ether oxygens (including phenoxy) is 2. The Bertz CT molecular complexity index is 784. The summed E-state index contributed by atoms with van der Waals surface area (Å²) in [5.41, 5.74) is -0.0877. The average molecular weight is 384 g/mol. The molecule has 150 valence electrons. The molecule has 1 amide bonds. The largest absolute Gasteiger partial charge is 0.492 e. The maximum atomic E-state index is 12.7. The summed E-state index contributed by atoms with van der Waals surface area (Å²) in [7, 11) is 1.86. The van der Waals surface area contributed by atoms with Gasteiger partial charge >= 0.3 is 0 Å². The summed E-state index contributed by atoms with van der Waals surface area (Å²) in [6.45, 7) is 2.95. The molecule has 2 aliphatic rings. The van der Waals surface area contributed by atoms with Gasteiger partial charge in [0.1, 0.15) is 5.75 Å². The molecule has 4 heterocycles. The fraction of sp³-hybridized carbons (Fsp3) is 0.571. The molecular weight excluding hydrogens is 356 g/mol. The Morgan fingerprint density at radius 3 is 2.93 bits per heavy atom. The van der Waals surface area contributed by atoms with Gasteiger partial charge in [0, 0.05) is 45.3 Å². The van der Waals surface area contributed by atoms with Crippen LogP contribution in [0.5, 0.6) is 5.75 Å². The van der Waals surface area contributed by atoms with Crippen LogP contribution < -0.4 is 4.74 Å². The number of carbonyl (C=O) groups is 1. The fourth-order valence-corrected chi connectivity index (χ4v) is 4.33. The number of hydrogen-bond donors (Lipinski definition) is 0. The van der Waals surface area contributed by atoms with Crippen LogP contribution in [0, 0.1) is 5.92 Å². The number of nitrogens with zero attached hydrogens (tertiary/aromatic N) is 4. The number of likely N-dealkylation sites (tertiary alicyclic amines) is 1. The second kappa shape index (κ2) is 8.31. The molecule has 2 aliphatic heterocycles. The normalized spacial score (nSPS) is 21.6. The van der Waals surface area contributed by atoms with Gasteiger partial charge in [-0.05, 0) is 50.2 Å². The van der Waals surface area contributed by atoms with Crippen LogP contribution in [0.4, 0.5) is 0 Å². The Morgan fingerprint density at radius 1 is 1.36 bits per heavy atom. The van der Waals surface area contributed by atoms with E-state index in [1.165, 1.54) is 0 Å². The second-order valence-corrected chi connectivity index (χ2v) is 7.87. The molecule has 7 nitrogen and oxygen atoms in total. The van der Waals surface area contributed by atoms with Crippen molar-refractivity contribution >= 4 is 5.91 Å². The Balaban J connectivity index is 1.27. The number of amides is 1. The first kappa shape index (κ1) is 18.9. The Hall–Kier alpha value is -2.41. The summed E-state index contributed by atoms with van der Waals surface area (Å²) in [4.78, 5) is 22.9. The van der Waals surface area contributed by atoms with Crippen molar-refractivity contribution in [3.05, 3.63) is 42.7 Å². The van der Waals surface area contributed by atoms with Crippen molar-refractivity contribution in [2.24, 2.45) is 13.0 Å². The van der Waals surface area contributed by atoms with Gasteiger partial charge < -0.3 is 18.9 Å². The van der Waals surface area contributed by atoms with E-state index in [1.54, 1.807) is 29.4 Å². The maximum Gasteiger partial charge on any atom is 0.289 e. The minimum absolute atomic E-state index is 0.0135. The van der Waals surface area contributed by atoms with Crippen molar-refractivity contribution in [2.45, 2.75) is 37.7 Å². The molecule has 2 saturated heterocycles. The quantitative estimate of drug-likeness (QED) is 0.793. The van der Waals surface area contributed by atoms with Gasteiger partial charge in [-0.2, -0.15) is 0 Å². The van der Waals surface area contributed by atoms with Crippen LogP contribution in [0.15, 0.2) is 36.9 Å². The van der Waals surface area contributed by atoms with Crippen LogP contribution >= 0.6 is 0 Å². The number of carbonyl (C=O) groups excluding carboxylic acids is 1. The smallest absolute Gasteiger partial charge is 0.289 e. The van der Waals surface area contributed by atoms with Gasteiger partial charge in [-0.15, -0.1) is 0 Å². The van der Waals surface area contributed by atoms with E-state index in [1.807, 2.05) is 24.1 Å². The SMILES string of the molecule is Cn1ccnc1C(=O)N1CCC2(CC1)CC(CCOc1cccnc1)CCO2. The highest BCUT2D eigenvalue weighted by Gasteiger charge is 2.41. The van der Waals surface area contributed by atoms with Crippen molar-refractivity contribution in [3.63, 3.8) is 0 Å². The third kappa shape index (κ3) is 4.19. The number of rotatable bonds is 5. The van der Waals surface area contributed by atoms with Gasteiger partial charge in [0.15, 0.2) is 5.82 Å². The topological polar surface area (TPSA) is 69.5 Å². The Labute approximate surface area is 165 Å². The molecule has 0 aromatic carbocycles. The lowest BCUT2D eigenvalue weighted by Gasteiger charge is -2.46. The van der Waals surface area contributed by atoms with Crippen LogP contribution in [0.3, 0.4) is 0 Å². The molecule has 1 unspecified atom stereocenters. The van der Waals surface area contributed by atoms with E-state index in [2.05, 4.69) is 9.97 Å². The molecule has 0 saturated carbocycles. The number of aryl methyl sites for hydroxylation is 1. The predicted octanol–water partition coefficient (Wildman–Crippen LogP) is 2.69. The first-order chi connectivity index (χ1) is 13.7. The van der Waals surface area contributed by atoms with Crippen LogP contribution in [-0.2, 0) is 11.8 Å². The zero-order valence-corrected chi connectivity index (χ0v) is 16.4. The van der Waals surface area contributed by atoms with Crippen molar-refractivity contribution in [2.75, 3.05) is 26.3 Å². The highest BCUT2D eigenvalue weighted by Crippen LogP contribution is 2.39. The molecule has 0 aliphatic carbocycles. The minimum Gasteiger partial charge on any atom is -0.492 e. The first-order valence-corrected chi connectivity index (χ1v) is 10.1. The lowest BCUT2D eigenvalue weighted by Crippen LogP contribution is -2.51. The molecule has 0 N–H and O–H groups in total. The molecule has 7 heteroatoms. The summed E-state index contributed by atoms with van der Waals surface area (Å²) in [6.07, 6.45) is 11.9. The maximum absolute atomic E-state index is 12.7. The molecule has 0 radical (unpaired) electrons. The van der Waals surface area contributed by atoms with E-state index in [9.17, 15) is 4.79 Å². The number of piperidine rings is 1.